The van der Waals surface area contributed by atoms with Gasteiger partial charge in [0.2, 0.25) is 5.91 Å². The predicted molar refractivity (Wildman–Crippen MR) is 146 cm³/mol. The van der Waals surface area contributed by atoms with E-state index in [1.807, 2.05) is 6.07 Å². The maximum absolute atomic E-state index is 12.9. The number of nitrogens with zero attached hydrogens (tertiary/aromatic N) is 4. The molecule has 0 saturated carbocycles. The number of nitrogens with one attached hydrogen (secondary N) is 1. The molecular formula is C30H39N5O. The van der Waals surface area contributed by atoms with Gasteiger partial charge in [-0.15, -0.1) is 0 Å². The molecule has 6 heteroatoms. The SMILES string of the molecule is Cc1nn(-c2ccccc2)c(N2CCC(C(=O)NCCC3=CCCCC3)CC2)c1-n1c(C)ccc1C. The molecule has 1 fully saturated rings. The number of hydrogen-bond donors (Lipinski definition) is 1. The van der Waals surface area contributed by atoms with Gasteiger partial charge in [-0.1, -0.05) is 29.8 Å². The number of amides is 1. The first-order valence-corrected chi connectivity index (χ1v) is 13.5. The van der Waals surface area contributed by atoms with Crippen LogP contribution in [0.3, 0.4) is 0 Å². The molecule has 0 spiro atoms. The van der Waals surface area contributed by atoms with Crippen molar-refractivity contribution in [1.82, 2.24) is 19.7 Å². The third-order valence-electron chi connectivity index (χ3n) is 7.80. The third-order valence-corrected chi connectivity index (χ3v) is 7.80. The molecule has 3 heterocycles. The number of hydrogen-bond acceptors (Lipinski definition) is 3. The largest absolute Gasteiger partial charge is 0.356 e. The van der Waals surface area contributed by atoms with Crippen LogP contribution in [-0.2, 0) is 4.79 Å². The fraction of sp³-hybridized carbons (Fsp3) is 0.467. The fourth-order valence-corrected chi connectivity index (χ4v) is 5.80. The molecular weight excluding hydrogens is 446 g/mol. The highest BCUT2D eigenvalue weighted by molar-refractivity contribution is 5.79. The summed E-state index contributed by atoms with van der Waals surface area (Å²) in [6.45, 7) is 8.84. The summed E-state index contributed by atoms with van der Waals surface area (Å²) in [6, 6.07) is 14.7. The number of para-hydroxylation sites is 1. The zero-order valence-electron chi connectivity index (χ0n) is 22.0. The van der Waals surface area contributed by atoms with Crippen LogP contribution in [0.4, 0.5) is 5.82 Å². The molecule has 5 rings (SSSR count). The van der Waals surface area contributed by atoms with Crippen molar-refractivity contribution in [2.75, 3.05) is 24.5 Å². The second-order valence-corrected chi connectivity index (χ2v) is 10.4. The van der Waals surface area contributed by atoms with Crippen LogP contribution >= 0.6 is 0 Å². The summed E-state index contributed by atoms with van der Waals surface area (Å²) in [4.78, 5) is 15.4. The van der Waals surface area contributed by atoms with Gasteiger partial charge in [0.1, 0.15) is 5.69 Å². The minimum Gasteiger partial charge on any atom is -0.356 e. The molecule has 0 radical (unpaired) electrons. The Morgan fingerprint density at radius 3 is 2.39 bits per heavy atom. The maximum Gasteiger partial charge on any atom is 0.223 e. The van der Waals surface area contributed by atoms with E-state index in [2.05, 4.69) is 82.7 Å². The Morgan fingerprint density at radius 2 is 1.72 bits per heavy atom. The Balaban J connectivity index is 1.34. The third kappa shape index (κ3) is 4.99. The number of aromatic nitrogens is 3. The van der Waals surface area contributed by atoms with Crippen LogP contribution < -0.4 is 10.2 Å². The van der Waals surface area contributed by atoms with Crippen LogP contribution in [0, 0.1) is 26.7 Å². The van der Waals surface area contributed by atoms with Gasteiger partial charge >= 0.3 is 0 Å². The molecule has 1 aliphatic carbocycles. The van der Waals surface area contributed by atoms with Crippen molar-refractivity contribution in [3.63, 3.8) is 0 Å². The summed E-state index contributed by atoms with van der Waals surface area (Å²) in [5, 5.41) is 8.23. The molecule has 1 aromatic carbocycles. The zero-order valence-corrected chi connectivity index (χ0v) is 22.0. The van der Waals surface area contributed by atoms with E-state index in [0.29, 0.717) is 0 Å². The smallest absolute Gasteiger partial charge is 0.223 e. The Morgan fingerprint density at radius 1 is 1.00 bits per heavy atom. The van der Waals surface area contributed by atoms with E-state index in [1.54, 1.807) is 0 Å². The van der Waals surface area contributed by atoms with Crippen LogP contribution in [0.1, 0.15) is 62.0 Å². The summed E-state index contributed by atoms with van der Waals surface area (Å²) >= 11 is 0. The normalized spacial score (nSPS) is 16.8. The van der Waals surface area contributed by atoms with Crippen LogP contribution in [-0.4, -0.2) is 39.9 Å². The summed E-state index contributed by atoms with van der Waals surface area (Å²) in [5.41, 5.74) is 7.12. The van der Waals surface area contributed by atoms with Crippen LogP contribution in [0.25, 0.3) is 11.4 Å². The molecule has 0 bridgehead atoms. The van der Waals surface area contributed by atoms with Gasteiger partial charge in [0.15, 0.2) is 5.82 Å². The number of benzene rings is 1. The van der Waals surface area contributed by atoms with Crippen molar-refractivity contribution in [2.24, 2.45) is 5.92 Å². The average Bonchev–Trinajstić information content (AvgIpc) is 3.42. The molecule has 1 aliphatic heterocycles. The molecule has 2 aliphatic rings. The number of piperidine rings is 1. The molecule has 2 aromatic heterocycles. The van der Waals surface area contributed by atoms with E-state index >= 15 is 0 Å². The Bertz CT molecular complexity index is 1210. The predicted octanol–water partition coefficient (Wildman–Crippen LogP) is 5.81. The van der Waals surface area contributed by atoms with E-state index in [4.69, 9.17) is 5.10 Å². The van der Waals surface area contributed by atoms with Gasteiger partial charge in [-0.3, -0.25) is 4.79 Å². The van der Waals surface area contributed by atoms with Crippen LogP contribution in [0.5, 0.6) is 0 Å². The second kappa shape index (κ2) is 10.8. The Labute approximate surface area is 215 Å². The minimum absolute atomic E-state index is 0.0780. The number of carbonyl (C=O) groups is 1. The van der Waals surface area contributed by atoms with E-state index in [-0.39, 0.29) is 11.8 Å². The first-order chi connectivity index (χ1) is 17.5. The van der Waals surface area contributed by atoms with Gasteiger partial charge in [-0.2, -0.15) is 5.10 Å². The lowest BCUT2D eigenvalue weighted by Gasteiger charge is -2.34. The van der Waals surface area contributed by atoms with Gasteiger partial charge < -0.3 is 14.8 Å². The zero-order chi connectivity index (χ0) is 25.1. The molecule has 0 atom stereocenters. The molecule has 1 amide bonds. The lowest BCUT2D eigenvalue weighted by molar-refractivity contribution is -0.125. The highest BCUT2D eigenvalue weighted by Gasteiger charge is 2.30. The quantitative estimate of drug-likeness (QED) is 0.430. The number of allylic oxidation sites excluding steroid dienone is 1. The lowest BCUT2D eigenvalue weighted by Crippen LogP contribution is -2.41. The Kier molecular flexibility index (Phi) is 7.30. The van der Waals surface area contributed by atoms with Gasteiger partial charge in [-0.25, -0.2) is 4.68 Å². The van der Waals surface area contributed by atoms with Gasteiger partial charge in [-0.05, 0) is 90.0 Å². The summed E-state index contributed by atoms with van der Waals surface area (Å²) in [5.74, 6) is 1.41. The van der Waals surface area contributed by atoms with Crippen molar-refractivity contribution in [1.29, 1.82) is 0 Å². The molecule has 36 heavy (non-hydrogen) atoms. The van der Waals surface area contributed by atoms with Crippen LogP contribution in [0.15, 0.2) is 54.1 Å². The second-order valence-electron chi connectivity index (χ2n) is 10.4. The van der Waals surface area contributed by atoms with E-state index in [9.17, 15) is 4.79 Å². The number of carbonyl (C=O) groups excluding carboxylic acids is 1. The maximum atomic E-state index is 12.9. The summed E-state index contributed by atoms with van der Waals surface area (Å²) in [7, 11) is 0. The van der Waals surface area contributed by atoms with E-state index in [1.165, 1.54) is 42.6 Å². The Hall–Kier alpha value is -3.28. The van der Waals surface area contributed by atoms with Gasteiger partial charge in [0.05, 0.1) is 11.4 Å². The molecule has 0 unspecified atom stereocenters. The van der Waals surface area contributed by atoms with Crippen molar-refractivity contribution >= 4 is 11.7 Å². The topological polar surface area (TPSA) is 55.1 Å². The molecule has 190 valence electrons. The van der Waals surface area contributed by atoms with Crippen molar-refractivity contribution in [3.8, 4) is 11.4 Å². The lowest BCUT2D eigenvalue weighted by atomic mass is 9.95. The van der Waals surface area contributed by atoms with E-state index in [0.717, 1.165) is 61.8 Å². The molecule has 6 nitrogen and oxygen atoms in total. The van der Waals surface area contributed by atoms with Gasteiger partial charge in [0.25, 0.3) is 0 Å². The molecule has 3 aromatic rings. The van der Waals surface area contributed by atoms with Crippen molar-refractivity contribution in [3.05, 3.63) is 71.2 Å². The highest BCUT2D eigenvalue weighted by Crippen LogP contribution is 2.35. The average molecular weight is 486 g/mol. The highest BCUT2D eigenvalue weighted by atomic mass is 16.1. The summed E-state index contributed by atoms with van der Waals surface area (Å²) in [6.07, 6.45) is 10.1. The fourth-order valence-electron chi connectivity index (χ4n) is 5.80. The van der Waals surface area contributed by atoms with Crippen LogP contribution in [0.2, 0.25) is 0 Å². The molecule has 1 N–H and O–H groups in total. The number of rotatable bonds is 7. The van der Waals surface area contributed by atoms with Crippen molar-refractivity contribution < 1.29 is 4.79 Å². The number of aryl methyl sites for hydroxylation is 3. The first kappa shape index (κ1) is 24.4. The minimum atomic E-state index is 0.0780. The van der Waals surface area contributed by atoms with Crippen molar-refractivity contribution in [2.45, 2.75) is 65.7 Å². The number of anilines is 1. The van der Waals surface area contributed by atoms with E-state index < -0.39 is 0 Å². The molecule has 1 saturated heterocycles. The monoisotopic (exact) mass is 485 g/mol. The standard InChI is InChI=1S/C30H39N5O/c1-22-14-15-23(2)34(22)28-24(3)32-35(27-12-8-5-9-13-27)30(28)33-20-17-26(18-21-33)29(36)31-19-16-25-10-6-4-7-11-25/h5,8-10,12-15,26H,4,6-7,11,16-21H2,1-3H3,(H,31,36). The first-order valence-electron chi connectivity index (χ1n) is 13.5. The van der Waals surface area contributed by atoms with Gasteiger partial charge in [0, 0.05) is 36.9 Å². The summed E-state index contributed by atoms with van der Waals surface area (Å²) < 4.78 is 4.40.